The molecule has 0 spiro atoms. The number of urea groups is 1. The van der Waals surface area contributed by atoms with Crippen LogP contribution in [-0.4, -0.2) is 52.9 Å². The van der Waals surface area contributed by atoms with Crippen LogP contribution in [0.25, 0.3) is 0 Å². The third kappa shape index (κ3) is 4.38. The summed E-state index contributed by atoms with van der Waals surface area (Å²) in [5.41, 5.74) is -0.990. The average molecular weight is 272 g/mol. The quantitative estimate of drug-likeness (QED) is 0.674. The SMILES string of the molecule is CC(C)(CNC(=O)N(CCO)C1CCCC1)C(=O)O. The minimum Gasteiger partial charge on any atom is -0.481 e. The van der Waals surface area contributed by atoms with Crippen LogP contribution < -0.4 is 5.32 Å². The summed E-state index contributed by atoms with van der Waals surface area (Å²) in [5.74, 6) is -0.942. The number of aliphatic hydroxyl groups is 1. The van der Waals surface area contributed by atoms with Gasteiger partial charge in [-0.2, -0.15) is 0 Å². The summed E-state index contributed by atoms with van der Waals surface area (Å²) < 4.78 is 0. The highest BCUT2D eigenvalue weighted by Crippen LogP contribution is 2.23. The monoisotopic (exact) mass is 272 g/mol. The number of carboxylic acids is 1. The van der Waals surface area contributed by atoms with E-state index in [1.807, 2.05) is 0 Å². The molecule has 0 heterocycles. The summed E-state index contributed by atoms with van der Waals surface area (Å²) in [6.07, 6.45) is 4.10. The zero-order valence-corrected chi connectivity index (χ0v) is 11.7. The molecule has 0 aliphatic heterocycles. The Kier molecular flexibility index (Phi) is 5.60. The standard InChI is InChI=1S/C13H24N2O4/c1-13(2,11(17)18)9-14-12(19)15(7-8-16)10-5-3-4-6-10/h10,16H,3-9H2,1-2H3,(H,14,19)(H,17,18). The van der Waals surface area contributed by atoms with Crippen molar-refractivity contribution in [2.75, 3.05) is 19.7 Å². The Labute approximate surface area is 113 Å². The highest BCUT2D eigenvalue weighted by atomic mass is 16.4. The predicted molar refractivity (Wildman–Crippen MR) is 70.9 cm³/mol. The molecule has 0 radical (unpaired) electrons. The highest BCUT2D eigenvalue weighted by molar-refractivity contribution is 5.77. The van der Waals surface area contributed by atoms with Crippen LogP contribution in [0, 0.1) is 5.41 Å². The van der Waals surface area contributed by atoms with Gasteiger partial charge in [-0.3, -0.25) is 4.79 Å². The second-order valence-corrected chi connectivity index (χ2v) is 5.70. The first-order valence-electron chi connectivity index (χ1n) is 6.77. The second-order valence-electron chi connectivity index (χ2n) is 5.70. The van der Waals surface area contributed by atoms with Crippen molar-refractivity contribution in [2.45, 2.75) is 45.6 Å². The molecule has 0 aromatic rings. The number of aliphatic hydroxyl groups excluding tert-OH is 1. The fourth-order valence-corrected chi connectivity index (χ4v) is 2.25. The van der Waals surface area contributed by atoms with E-state index in [0.29, 0.717) is 6.54 Å². The van der Waals surface area contributed by atoms with Crippen molar-refractivity contribution in [3.05, 3.63) is 0 Å². The van der Waals surface area contributed by atoms with Crippen LogP contribution in [0.2, 0.25) is 0 Å². The Balaban J connectivity index is 2.55. The third-order valence-electron chi connectivity index (χ3n) is 3.63. The molecule has 6 nitrogen and oxygen atoms in total. The van der Waals surface area contributed by atoms with E-state index in [2.05, 4.69) is 5.32 Å². The maximum Gasteiger partial charge on any atom is 0.317 e. The Morgan fingerprint density at radius 1 is 1.32 bits per heavy atom. The van der Waals surface area contributed by atoms with E-state index in [1.54, 1.807) is 18.7 Å². The minimum atomic E-state index is -0.990. The molecule has 1 saturated carbocycles. The summed E-state index contributed by atoms with van der Waals surface area (Å²) >= 11 is 0. The number of hydrogen-bond donors (Lipinski definition) is 3. The number of nitrogens with one attached hydrogen (secondary N) is 1. The molecule has 3 N–H and O–H groups in total. The van der Waals surface area contributed by atoms with Crippen LogP contribution in [0.4, 0.5) is 4.79 Å². The molecule has 0 aromatic carbocycles. The number of hydrogen-bond acceptors (Lipinski definition) is 3. The van der Waals surface area contributed by atoms with Gasteiger partial charge in [0.05, 0.1) is 12.0 Å². The number of carboxylic acid groups (broad SMARTS) is 1. The van der Waals surface area contributed by atoms with E-state index < -0.39 is 11.4 Å². The van der Waals surface area contributed by atoms with Crippen LogP contribution in [0.15, 0.2) is 0 Å². The smallest absolute Gasteiger partial charge is 0.317 e. The van der Waals surface area contributed by atoms with Crippen molar-refractivity contribution >= 4 is 12.0 Å². The first kappa shape index (κ1) is 15.8. The molecule has 1 aliphatic rings. The van der Waals surface area contributed by atoms with Gasteiger partial charge in [-0.15, -0.1) is 0 Å². The van der Waals surface area contributed by atoms with Crippen molar-refractivity contribution in [1.82, 2.24) is 10.2 Å². The Hall–Kier alpha value is -1.30. The predicted octanol–water partition coefficient (Wildman–Crippen LogP) is 1.04. The van der Waals surface area contributed by atoms with E-state index in [4.69, 9.17) is 10.2 Å². The van der Waals surface area contributed by atoms with Crippen molar-refractivity contribution in [1.29, 1.82) is 0 Å². The van der Waals surface area contributed by atoms with E-state index in [1.165, 1.54) is 0 Å². The molecule has 1 aliphatic carbocycles. The average Bonchev–Trinajstić information content (AvgIpc) is 2.86. The molecule has 2 amide bonds. The van der Waals surface area contributed by atoms with E-state index in [-0.39, 0.29) is 25.2 Å². The summed E-state index contributed by atoms with van der Waals surface area (Å²) in [6.45, 7) is 3.44. The topological polar surface area (TPSA) is 89.9 Å². The first-order chi connectivity index (χ1) is 8.88. The van der Waals surface area contributed by atoms with Gasteiger partial charge in [0.2, 0.25) is 0 Å². The summed E-state index contributed by atoms with van der Waals surface area (Å²) in [7, 11) is 0. The number of carbonyl (C=O) groups is 2. The van der Waals surface area contributed by atoms with Gasteiger partial charge in [0.1, 0.15) is 0 Å². The third-order valence-corrected chi connectivity index (χ3v) is 3.63. The van der Waals surface area contributed by atoms with Crippen LogP contribution in [0.5, 0.6) is 0 Å². The lowest BCUT2D eigenvalue weighted by Crippen LogP contribution is -2.49. The van der Waals surface area contributed by atoms with Crippen LogP contribution in [0.3, 0.4) is 0 Å². The molecule has 0 atom stereocenters. The van der Waals surface area contributed by atoms with Gasteiger partial charge >= 0.3 is 12.0 Å². The fourth-order valence-electron chi connectivity index (χ4n) is 2.25. The zero-order valence-electron chi connectivity index (χ0n) is 11.7. The first-order valence-corrected chi connectivity index (χ1v) is 6.77. The van der Waals surface area contributed by atoms with Crippen molar-refractivity contribution in [3.8, 4) is 0 Å². The summed E-state index contributed by atoms with van der Waals surface area (Å²) in [5, 5.41) is 20.7. The van der Waals surface area contributed by atoms with Crippen molar-refractivity contribution in [3.63, 3.8) is 0 Å². The fraction of sp³-hybridized carbons (Fsp3) is 0.846. The maximum absolute atomic E-state index is 12.1. The number of aliphatic carboxylic acids is 1. The lowest BCUT2D eigenvalue weighted by Gasteiger charge is -2.30. The van der Waals surface area contributed by atoms with Gasteiger partial charge in [0.15, 0.2) is 0 Å². The van der Waals surface area contributed by atoms with Gasteiger partial charge < -0.3 is 20.4 Å². The van der Waals surface area contributed by atoms with Crippen LogP contribution >= 0.6 is 0 Å². The maximum atomic E-state index is 12.1. The van der Waals surface area contributed by atoms with Crippen LogP contribution in [0.1, 0.15) is 39.5 Å². The molecule has 0 saturated heterocycles. The zero-order chi connectivity index (χ0) is 14.5. The van der Waals surface area contributed by atoms with Gasteiger partial charge in [-0.25, -0.2) is 4.79 Å². The van der Waals surface area contributed by atoms with E-state index in [0.717, 1.165) is 25.7 Å². The van der Waals surface area contributed by atoms with Crippen molar-refractivity contribution in [2.24, 2.45) is 5.41 Å². The lowest BCUT2D eigenvalue weighted by atomic mass is 9.94. The number of nitrogens with zero attached hydrogens (tertiary/aromatic N) is 1. The van der Waals surface area contributed by atoms with Gasteiger partial charge in [0, 0.05) is 19.1 Å². The minimum absolute atomic E-state index is 0.0771. The second kappa shape index (κ2) is 6.75. The molecule has 0 aromatic heterocycles. The van der Waals surface area contributed by atoms with Crippen molar-refractivity contribution < 1.29 is 19.8 Å². The lowest BCUT2D eigenvalue weighted by molar-refractivity contribution is -0.146. The molecular formula is C13H24N2O4. The number of amides is 2. The normalized spacial score (nSPS) is 16.4. The Bertz CT molecular complexity index is 325. The molecule has 19 heavy (non-hydrogen) atoms. The number of carbonyl (C=O) groups excluding carboxylic acids is 1. The molecule has 0 bridgehead atoms. The summed E-state index contributed by atoms with van der Waals surface area (Å²) in [4.78, 5) is 24.7. The molecule has 6 heteroatoms. The van der Waals surface area contributed by atoms with Gasteiger partial charge in [-0.1, -0.05) is 12.8 Å². The van der Waals surface area contributed by atoms with E-state index in [9.17, 15) is 9.59 Å². The molecular weight excluding hydrogens is 248 g/mol. The molecule has 110 valence electrons. The summed E-state index contributed by atoms with van der Waals surface area (Å²) in [6, 6.07) is -0.115. The molecule has 1 rings (SSSR count). The molecule has 0 unspecified atom stereocenters. The Morgan fingerprint density at radius 3 is 2.37 bits per heavy atom. The highest BCUT2D eigenvalue weighted by Gasteiger charge is 2.30. The van der Waals surface area contributed by atoms with Gasteiger partial charge in [-0.05, 0) is 26.7 Å². The van der Waals surface area contributed by atoms with Crippen LogP contribution in [-0.2, 0) is 4.79 Å². The number of rotatable bonds is 6. The van der Waals surface area contributed by atoms with Gasteiger partial charge in [0.25, 0.3) is 0 Å². The van der Waals surface area contributed by atoms with E-state index >= 15 is 0 Å². The Morgan fingerprint density at radius 2 is 1.89 bits per heavy atom. The molecule has 1 fully saturated rings. The largest absolute Gasteiger partial charge is 0.481 e.